The molecule has 4 aromatic rings. The van der Waals surface area contributed by atoms with Crippen LogP contribution >= 0.6 is 11.6 Å². The van der Waals surface area contributed by atoms with Gasteiger partial charge in [-0.05, 0) is 54.6 Å². The monoisotopic (exact) mass is 498 g/mol. The number of carbonyl (C=O) groups excluding carboxylic acids is 1. The number of methoxy groups -OCH3 is 1. The first-order valence-electron chi connectivity index (χ1n) is 9.93. The number of hydrogen-bond donors (Lipinski definition) is 3. The average molecular weight is 499 g/mol. The van der Waals surface area contributed by atoms with E-state index in [2.05, 4.69) is 10.0 Å². The molecule has 1 aromatic heterocycles. The molecule has 3 N–H and O–H groups in total. The van der Waals surface area contributed by atoms with E-state index in [1.54, 1.807) is 54.6 Å². The summed E-state index contributed by atoms with van der Waals surface area (Å²) < 4.78 is 39.0. The highest BCUT2D eigenvalue weighted by Gasteiger charge is 2.20. The molecule has 0 saturated carbocycles. The first-order valence-corrected chi connectivity index (χ1v) is 11.8. The van der Waals surface area contributed by atoms with E-state index >= 15 is 0 Å². The summed E-state index contributed by atoms with van der Waals surface area (Å²) in [5, 5.41) is 13.1. The number of halogens is 1. The Morgan fingerprint density at radius 3 is 2.47 bits per heavy atom. The van der Waals surface area contributed by atoms with Gasteiger partial charge in [0, 0.05) is 5.56 Å². The maximum atomic E-state index is 12.9. The number of para-hydroxylation sites is 2. The van der Waals surface area contributed by atoms with Crippen LogP contribution in [0, 0.1) is 0 Å². The Bertz CT molecular complexity index is 1470. The summed E-state index contributed by atoms with van der Waals surface area (Å²) in [5.41, 5.74) is 0.747. The number of nitrogens with one attached hydrogen (secondary N) is 2. The summed E-state index contributed by atoms with van der Waals surface area (Å²) in [7, 11) is -2.63. The summed E-state index contributed by atoms with van der Waals surface area (Å²) in [4.78, 5) is 12.5. The lowest BCUT2D eigenvalue weighted by Crippen LogP contribution is -2.15. The number of anilines is 2. The Balaban J connectivity index is 1.57. The van der Waals surface area contributed by atoms with Crippen LogP contribution in [0.1, 0.15) is 10.6 Å². The number of aromatic hydroxyl groups is 1. The number of hydrogen-bond acceptors (Lipinski definition) is 6. The van der Waals surface area contributed by atoms with Gasteiger partial charge in [-0.2, -0.15) is 0 Å². The fourth-order valence-corrected chi connectivity index (χ4v) is 4.49. The molecule has 1 heterocycles. The molecule has 0 fully saturated rings. The lowest BCUT2D eigenvalue weighted by Gasteiger charge is -2.13. The molecule has 0 saturated heterocycles. The number of furan rings is 1. The summed E-state index contributed by atoms with van der Waals surface area (Å²) in [6.07, 6.45) is 0. The van der Waals surface area contributed by atoms with Gasteiger partial charge < -0.3 is 19.6 Å². The Kier molecular flexibility index (Phi) is 6.49. The van der Waals surface area contributed by atoms with Crippen LogP contribution in [-0.4, -0.2) is 26.5 Å². The van der Waals surface area contributed by atoms with Gasteiger partial charge in [0.05, 0.1) is 28.4 Å². The van der Waals surface area contributed by atoms with Crippen molar-refractivity contribution in [2.75, 3.05) is 17.1 Å². The number of sulfonamides is 1. The Hall–Kier alpha value is -3.95. The molecule has 0 bridgehead atoms. The molecule has 0 atom stereocenters. The van der Waals surface area contributed by atoms with E-state index in [-0.39, 0.29) is 27.8 Å². The smallest absolute Gasteiger partial charge is 0.291 e. The van der Waals surface area contributed by atoms with E-state index in [0.29, 0.717) is 22.1 Å². The minimum atomic E-state index is -4.05. The second kappa shape index (κ2) is 9.50. The van der Waals surface area contributed by atoms with Crippen molar-refractivity contribution >= 4 is 38.9 Å². The molecular weight excluding hydrogens is 480 g/mol. The summed E-state index contributed by atoms with van der Waals surface area (Å²) in [5.74, 6) is -0.319. The third kappa shape index (κ3) is 4.85. The molecule has 0 aliphatic heterocycles. The van der Waals surface area contributed by atoms with Gasteiger partial charge >= 0.3 is 0 Å². The first-order chi connectivity index (χ1) is 16.3. The molecule has 0 spiro atoms. The van der Waals surface area contributed by atoms with Crippen molar-refractivity contribution in [1.82, 2.24) is 0 Å². The van der Waals surface area contributed by atoms with E-state index in [4.69, 9.17) is 20.8 Å². The number of benzene rings is 3. The highest BCUT2D eigenvalue weighted by atomic mass is 35.5. The van der Waals surface area contributed by atoms with Gasteiger partial charge in [-0.3, -0.25) is 9.52 Å². The van der Waals surface area contributed by atoms with E-state index < -0.39 is 15.9 Å². The van der Waals surface area contributed by atoms with Gasteiger partial charge in [0.2, 0.25) is 0 Å². The van der Waals surface area contributed by atoms with Crippen LogP contribution in [0.25, 0.3) is 11.3 Å². The Morgan fingerprint density at radius 2 is 1.71 bits per heavy atom. The minimum absolute atomic E-state index is 0.0465. The molecule has 34 heavy (non-hydrogen) atoms. The number of phenols is 1. The molecule has 0 aliphatic carbocycles. The van der Waals surface area contributed by atoms with Crippen molar-refractivity contribution in [3.63, 3.8) is 0 Å². The summed E-state index contributed by atoms with van der Waals surface area (Å²) in [6.45, 7) is 0. The van der Waals surface area contributed by atoms with Gasteiger partial charge in [0.1, 0.15) is 17.3 Å². The van der Waals surface area contributed by atoms with Gasteiger partial charge in [0.25, 0.3) is 15.9 Å². The van der Waals surface area contributed by atoms with E-state index in [1.165, 1.54) is 25.3 Å². The van der Waals surface area contributed by atoms with Crippen LogP contribution in [0.4, 0.5) is 11.4 Å². The normalized spacial score (nSPS) is 11.1. The number of ether oxygens (including phenoxy) is 1. The number of phenolic OH excluding ortho intramolecular Hbond substituents is 1. The zero-order chi connectivity index (χ0) is 24.3. The lowest BCUT2D eigenvalue weighted by molar-refractivity contribution is 0.0997. The molecule has 174 valence electrons. The second-order valence-electron chi connectivity index (χ2n) is 7.08. The molecule has 0 aliphatic rings. The van der Waals surface area contributed by atoms with Crippen molar-refractivity contribution in [1.29, 1.82) is 0 Å². The third-order valence-corrected chi connectivity index (χ3v) is 6.54. The highest BCUT2D eigenvalue weighted by molar-refractivity contribution is 7.92. The van der Waals surface area contributed by atoms with E-state index in [9.17, 15) is 18.3 Å². The van der Waals surface area contributed by atoms with Crippen LogP contribution in [0.3, 0.4) is 0 Å². The van der Waals surface area contributed by atoms with E-state index in [1.807, 2.05) is 0 Å². The molecular formula is C24H19ClN2O6S. The van der Waals surface area contributed by atoms with Crippen molar-refractivity contribution < 1.29 is 27.5 Å². The summed E-state index contributed by atoms with van der Waals surface area (Å²) >= 11 is 6.17. The zero-order valence-electron chi connectivity index (χ0n) is 17.8. The van der Waals surface area contributed by atoms with E-state index in [0.717, 1.165) is 6.07 Å². The average Bonchev–Trinajstić information content (AvgIpc) is 3.31. The molecule has 0 radical (unpaired) electrons. The topological polar surface area (TPSA) is 118 Å². The SMILES string of the molecule is COc1ccccc1NS(=O)(=O)c1ccc(O)c(NC(=O)c2ccc(-c3ccccc3Cl)o2)c1. The van der Waals surface area contributed by atoms with Crippen LogP contribution < -0.4 is 14.8 Å². The van der Waals surface area contributed by atoms with Crippen LogP contribution in [0.2, 0.25) is 5.02 Å². The van der Waals surface area contributed by atoms with Crippen LogP contribution in [0.5, 0.6) is 11.5 Å². The molecule has 3 aromatic carbocycles. The lowest BCUT2D eigenvalue weighted by atomic mass is 10.2. The predicted molar refractivity (Wildman–Crippen MR) is 129 cm³/mol. The summed E-state index contributed by atoms with van der Waals surface area (Å²) in [6, 6.07) is 20.1. The van der Waals surface area contributed by atoms with Crippen molar-refractivity contribution in [3.8, 4) is 22.8 Å². The second-order valence-corrected chi connectivity index (χ2v) is 9.17. The van der Waals surface area contributed by atoms with Crippen molar-refractivity contribution in [2.24, 2.45) is 0 Å². The van der Waals surface area contributed by atoms with Crippen molar-refractivity contribution in [3.05, 3.63) is 89.6 Å². The largest absolute Gasteiger partial charge is 0.506 e. The Labute approximate surface area is 200 Å². The molecule has 8 nitrogen and oxygen atoms in total. The molecule has 0 unspecified atom stereocenters. The van der Waals surface area contributed by atoms with Gasteiger partial charge in [-0.25, -0.2) is 8.42 Å². The van der Waals surface area contributed by atoms with Gasteiger partial charge in [0.15, 0.2) is 5.76 Å². The predicted octanol–water partition coefficient (Wildman–Crippen LogP) is 5.37. The maximum Gasteiger partial charge on any atom is 0.291 e. The zero-order valence-corrected chi connectivity index (χ0v) is 19.4. The number of amides is 1. The van der Waals surface area contributed by atoms with Crippen molar-refractivity contribution in [2.45, 2.75) is 4.90 Å². The third-order valence-electron chi connectivity index (χ3n) is 4.85. The fourth-order valence-electron chi connectivity index (χ4n) is 3.16. The van der Waals surface area contributed by atoms with Crippen LogP contribution in [0.15, 0.2) is 88.2 Å². The first kappa shape index (κ1) is 23.2. The molecule has 10 heteroatoms. The standard InChI is InChI=1S/C24H19ClN2O6S/c1-32-22-9-5-4-8-18(22)27-34(30,31)15-10-11-20(28)19(14-15)26-24(29)23-13-12-21(33-23)16-6-2-3-7-17(16)25/h2-14,27-28H,1H3,(H,26,29). The van der Waals surface area contributed by atoms with Crippen LogP contribution in [-0.2, 0) is 10.0 Å². The number of rotatable bonds is 7. The van der Waals surface area contributed by atoms with Gasteiger partial charge in [-0.15, -0.1) is 0 Å². The van der Waals surface area contributed by atoms with Gasteiger partial charge in [-0.1, -0.05) is 35.9 Å². The highest BCUT2D eigenvalue weighted by Crippen LogP contribution is 2.32. The molecule has 1 amide bonds. The molecule has 4 rings (SSSR count). The quantitative estimate of drug-likeness (QED) is 0.295. The maximum absolute atomic E-state index is 12.9. The Morgan fingerprint density at radius 1 is 0.971 bits per heavy atom. The number of carbonyl (C=O) groups is 1. The fraction of sp³-hybridized carbons (Fsp3) is 0.0417. The minimum Gasteiger partial charge on any atom is -0.506 e.